The molecular formula is C4H9N5O2S. The molecule has 0 radical (unpaired) electrons. The fraction of sp³-hybridized carbons (Fsp3) is 0.250. The lowest BCUT2D eigenvalue weighted by Gasteiger charge is -2.31. The Labute approximate surface area is 69.9 Å². The topological polar surface area (TPSA) is 103 Å². The van der Waals surface area contributed by atoms with Crippen LogP contribution in [0.4, 0.5) is 0 Å². The van der Waals surface area contributed by atoms with Gasteiger partial charge in [-0.05, 0) is 11.3 Å². The van der Waals surface area contributed by atoms with Gasteiger partial charge in [-0.1, -0.05) is 0 Å². The molecule has 68 valence electrons. The zero-order chi connectivity index (χ0) is 9.35. The fourth-order valence-corrected chi connectivity index (χ4v) is 1.55. The summed E-state index contributed by atoms with van der Waals surface area (Å²) in [5, 5.41) is 7.95. The molecule has 1 aliphatic heterocycles. The number of rotatable bonds is 1. The molecule has 0 aromatic rings. The van der Waals surface area contributed by atoms with E-state index in [0.717, 1.165) is 11.5 Å². The van der Waals surface area contributed by atoms with Gasteiger partial charge in [-0.3, -0.25) is 10.8 Å². The first-order valence-electron chi connectivity index (χ1n) is 2.99. The van der Waals surface area contributed by atoms with E-state index in [9.17, 15) is 8.42 Å². The first-order chi connectivity index (χ1) is 5.43. The zero-order valence-corrected chi connectivity index (χ0v) is 7.17. The molecule has 12 heavy (non-hydrogen) atoms. The van der Waals surface area contributed by atoms with Gasteiger partial charge in [0.15, 0.2) is 5.84 Å². The lowest BCUT2D eigenvalue weighted by Crippen LogP contribution is -2.59. The van der Waals surface area contributed by atoms with Crippen LogP contribution in [0.5, 0.6) is 0 Å². The van der Waals surface area contributed by atoms with Crippen molar-refractivity contribution >= 4 is 15.9 Å². The highest BCUT2D eigenvalue weighted by atomic mass is 32.2. The van der Waals surface area contributed by atoms with E-state index in [1.165, 1.54) is 12.3 Å². The lowest BCUT2D eigenvalue weighted by molar-refractivity contribution is 0.0749. The Morgan fingerprint density at radius 3 is 2.58 bits per heavy atom. The summed E-state index contributed by atoms with van der Waals surface area (Å²) in [6.45, 7) is 0. The molecule has 1 rings (SSSR count). The Hall–Kier alpha value is -1.12. The van der Waals surface area contributed by atoms with Gasteiger partial charge in [0.2, 0.25) is 10.0 Å². The van der Waals surface area contributed by atoms with Crippen molar-refractivity contribution in [2.75, 3.05) is 6.26 Å². The van der Waals surface area contributed by atoms with Crippen molar-refractivity contribution in [3.05, 3.63) is 12.3 Å². The van der Waals surface area contributed by atoms with Crippen molar-refractivity contribution in [3.8, 4) is 0 Å². The maximum atomic E-state index is 11.0. The largest absolute Gasteiger partial charge is 0.294 e. The molecule has 0 aromatic heterocycles. The minimum absolute atomic E-state index is 0.209. The number of hydrogen-bond donors (Lipinski definition) is 3. The summed E-state index contributed by atoms with van der Waals surface area (Å²) in [5.41, 5.74) is 2.41. The SMILES string of the molecule is CS(=O)(=O)N1C(=N)C=CNN1N. The molecule has 4 N–H and O–H groups in total. The smallest absolute Gasteiger partial charge is 0.249 e. The summed E-state index contributed by atoms with van der Waals surface area (Å²) in [4.78, 5) is 0. The predicted octanol–water partition coefficient (Wildman–Crippen LogP) is -1.65. The van der Waals surface area contributed by atoms with Crippen molar-refractivity contribution in [2.45, 2.75) is 0 Å². The van der Waals surface area contributed by atoms with Crippen LogP contribution in [0.1, 0.15) is 0 Å². The van der Waals surface area contributed by atoms with E-state index < -0.39 is 10.0 Å². The van der Waals surface area contributed by atoms with Crippen molar-refractivity contribution < 1.29 is 8.42 Å². The second-order valence-corrected chi connectivity index (χ2v) is 4.01. The molecule has 0 saturated carbocycles. The van der Waals surface area contributed by atoms with Crippen LogP contribution in [0.2, 0.25) is 0 Å². The third-order valence-electron chi connectivity index (χ3n) is 1.16. The molecule has 0 fully saturated rings. The van der Waals surface area contributed by atoms with Gasteiger partial charge in [0, 0.05) is 6.20 Å². The Bertz CT molecular complexity index is 320. The van der Waals surface area contributed by atoms with Gasteiger partial charge in [-0.25, -0.2) is 14.3 Å². The first kappa shape index (κ1) is 8.97. The van der Waals surface area contributed by atoms with Crippen LogP contribution in [0.25, 0.3) is 0 Å². The first-order valence-corrected chi connectivity index (χ1v) is 4.84. The maximum absolute atomic E-state index is 11.0. The Morgan fingerprint density at radius 2 is 2.25 bits per heavy atom. The molecule has 8 heteroatoms. The quantitative estimate of drug-likeness (QED) is 0.431. The maximum Gasteiger partial charge on any atom is 0.249 e. The van der Waals surface area contributed by atoms with Crippen molar-refractivity contribution in [2.24, 2.45) is 5.84 Å². The molecule has 0 aromatic carbocycles. The van der Waals surface area contributed by atoms with E-state index in [2.05, 4.69) is 5.43 Å². The second-order valence-electron chi connectivity index (χ2n) is 2.20. The fourth-order valence-electron chi connectivity index (χ4n) is 0.763. The summed E-state index contributed by atoms with van der Waals surface area (Å²) in [6, 6.07) is 0. The van der Waals surface area contributed by atoms with Crippen LogP contribution >= 0.6 is 0 Å². The predicted molar refractivity (Wildman–Crippen MR) is 42.7 cm³/mol. The average molecular weight is 191 g/mol. The molecule has 0 atom stereocenters. The normalized spacial score (nSPS) is 19.5. The van der Waals surface area contributed by atoms with Crippen molar-refractivity contribution in [1.29, 1.82) is 5.41 Å². The summed E-state index contributed by atoms with van der Waals surface area (Å²) < 4.78 is 22.6. The number of hydrazine groups is 3. The van der Waals surface area contributed by atoms with E-state index in [0.29, 0.717) is 4.41 Å². The highest BCUT2D eigenvalue weighted by Crippen LogP contribution is 2.03. The van der Waals surface area contributed by atoms with Gasteiger partial charge in [0.05, 0.1) is 6.26 Å². The number of nitrogens with zero attached hydrogens (tertiary/aromatic N) is 2. The van der Waals surface area contributed by atoms with Gasteiger partial charge in [0.25, 0.3) is 0 Å². The van der Waals surface area contributed by atoms with Gasteiger partial charge in [-0.15, -0.1) is 4.41 Å². The molecule has 7 nitrogen and oxygen atoms in total. The van der Waals surface area contributed by atoms with Crippen LogP contribution in [0.15, 0.2) is 12.3 Å². The summed E-state index contributed by atoms with van der Waals surface area (Å²) in [6.07, 6.45) is 3.61. The minimum Gasteiger partial charge on any atom is -0.294 e. The highest BCUT2D eigenvalue weighted by Gasteiger charge is 2.25. The van der Waals surface area contributed by atoms with E-state index in [1.807, 2.05) is 0 Å². The van der Waals surface area contributed by atoms with E-state index in [1.54, 1.807) is 0 Å². The molecule has 0 aliphatic carbocycles. The Morgan fingerprint density at radius 1 is 1.67 bits per heavy atom. The second kappa shape index (κ2) is 2.73. The molecule has 0 unspecified atom stereocenters. The highest BCUT2D eigenvalue weighted by molar-refractivity contribution is 7.88. The van der Waals surface area contributed by atoms with E-state index >= 15 is 0 Å². The molecule has 0 spiro atoms. The molecule has 0 bridgehead atoms. The molecular weight excluding hydrogens is 182 g/mol. The van der Waals surface area contributed by atoms with Crippen LogP contribution in [0, 0.1) is 5.41 Å². The van der Waals surface area contributed by atoms with Gasteiger partial charge >= 0.3 is 0 Å². The lowest BCUT2D eigenvalue weighted by atomic mass is 10.5. The minimum atomic E-state index is -3.53. The van der Waals surface area contributed by atoms with Gasteiger partial charge in [-0.2, -0.15) is 0 Å². The third kappa shape index (κ3) is 1.55. The zero-order valence-electron chi connectivity index (χ0n) is 6.35. The molecule has 1 aliphatic rings. The van der Waals surface area contributed by atoms with Crippen molar-refractivity contribution in [1.82, 2.24) is 15.1 Å². The monoisotopic (exact) mass is 191 g/mol. The van der Waals surface area contributed by atoms with Crippen LogP contribution in [-0.4, -0.2) is 30.2 Å². The molecule has 1 heterocycles. The van der Waals surface area contributed by atoms with Crippen LogP contribution in [0.3, 0.4) is 0 Å². The number of nitrogens with two attached hydrogens (primary N) is 1. The van der Waals surface area contributed by atoms with Gasteiger partial charge in [0.1, 0.15) is 0 Å². The Kier molecular flexibility index (Phi) is 2.04. The van der Waals surface area contributed by atoms with E-state index in [4.69, 9.17) is 11.3 Å². The average Bonchev–Trinajstić information content (AvgIpc) is 1.82. The van der Waals surface area contributed by atoms with Crippen LogP contribution < -0.4 is 11.3 Å². The Balaban J connectivity index is 3.04. The van der Waals surface area contributed by atoms with E-state index in [-0.39, 0.29) is 5.84 Å². The molecule has 0 amide bonds. The summed E-state index contributed by atoms with van der Waals surface area (Å²) in [5.74, 6) is 5.02. The standard InChI is InChI=1S/C4H9N5O2S/c1-12(10,11)8-4(5)2-3-7-9(8)6/h2-3,5,7H,6H2,1H3. The third-order valence-corrected chi connectivity index (χ3v) is 2.16. The summed E-state index contributed by atoms with van der Waals surface area (Å²) in [7, 11) is -3.53. The molecule has 0 saturated heterocycles. The number of hydrogen-bond acceptors (Lipinski definition) is 6. The number of nitrogens with one attached hydrogen (secondary N) is 2. The van der Waals surface area contributed by atoms with Crippen LogP contribution in [-0.2, 0) is 10.0 Å². The summed E-state index contributed by atoms with van der Waals surface area (Å²) >= 11 is 0. The van der Waals surface area contributed by atoms with Crippen molar-refractivity contribution in [3.63, 3.8) is 0 Å². The van der Waals surface area contributed by atoms with Gasteiger partial charge < -0.3 is 0 Å². The number of sulfonamides is 1. The number of amidine groups is 1.